The van der Waals surface area contributed by atoms with Crippen molar-refractivity contribution in [2.75, 3.05) is 0 Å². The average Bonchev–Trinajstić information content (AvgIpc) is 2.09. The first kappa shape index (κ1) is 8.79. The molecule has 1 aromatic rings. The van der Waals surface area contributed by atoms with Crippen LogP contribution in [0.15, 0.2) is 36.4 Å². The summed E-state index contributed by atoms with van der Waals surface area (Å²) >= 11 is 0. The number of rotatable bonds is 2. The highest BCUT2D eigenvalue weighted by Crippen LogP contribution is 1.79. The Kier molecular flexibility index (Phi) is 3.34. The first-order valence-electron chi connectivity index (χ1n) is 4.25. The van der Waals surface area contributed by atoms with Gasteiger partial charge in [0.1, 0.15) is 0 Å². The minimum atomic E-state index is 1.08. The van der Waals surface area contributed by atoms with Crippen molar-refractivity contribution in [3.63, 3.8) is 0 Å². The Bertz CT molecular complexity index is 358. The summed E-state index contributed by atoms with van der Waals surface area (Å²) in [7, 11) is 0. The second kappa shape index (κ2) is 4.55. The lowest BCUT2D eigenvalue weighted by atomic mass is 10.2. The summed E-state index contributed by atoms with van der Waals surface area (Å²) in [6, 6.07) is 8.12. The van der Waals surface area contributed by atoms with E-state index in [1.807, 2.05) is 18.2 Å². The summed E-state index contributed by atoms with van der Waals surface area (Å²) < 4.78 is 0. The van der Waals surface area contributed by atoms with E-state index in [4.69, 9.17) is 0 Å². The van der Waals surface area contributed by atoms with Crippen LogP contribution in [-0.4, -0.2) is 0 Å². The zero-order valence-electron chi connectivity index (χ0n) is 7.46. The van der Waals surface area contributed by atoms with E-state index < -0.39 is 0 Å². The van der Waals surface area contributed by atoms with Crippen molar-refractivity contribution in [1.29, 1.82) is 0 Å². The Morgan fingerprint density at radius 1 is 1.33 bits per heavy atom. The summed E-state index contributed by atoms with van der Waals surface area (Å²) in [6.07, 6.45) is 7.37. The van der Waals surface area contributed by atoms with Gasteiger partial charge in [-0.15, -0.1) is 0 Å². The molecule has 0 fully saturated rings. The van der Waals surface area contributed by atoms with Crippen LogP contribution >= 0.6 is 0 Å². The third-order valence-electron chi connectivity index (χ3n) is 1.70. The molecule has 0 unspecified atom stereocenters. The van der Waals surface area contributed by atoms with E-state index in [2.05, 4.69) is 37.8 Å². The largest absolute Gasteiger partial charge is 0.0912 e. The standard InChI is InChI=1S/C12H14/c1-3-4-5-9-12-10-7-6-8-11(12)2/h4-10H,2-3H2,1H3/b5-4-,12-9-. The summed E-state index contributed by atoms with van der Waals surface area (Å²) in [6.45, 7) is 6.06. The topological polar surface area (TPSA) is 0 Å². The molecule has 0 amide bonds. The first-order valence-corrected chi connectivity index (χ1v) is 4.25. The Hall–Kier alpha value is -1.30. The molecular formula is C12H14. The quantitative estimate of drug-likeness (QED) is 0.616. The molecule has 0 N–H and O–H groups in total. The molecule has 12 heavy (non-hydrogen) atoms. The monoisotopic (exact) mass is 158 g/mol. The zero-order valence-corrected chi connectivity index (χ0v) is 7.46. The van der Waals surface area contributed by atoms with Gasteiger partial charge in [0.2, 0.25) is 0 Å². The van der Waals surface area contributed by atoms with E-state index in [0.717, 1.165) is 11.6 Å². The minimum Gasteiger partial charge on any atom is -0.0912 e. The van der Waals surface area contributed by atoms with Crippen LogP contribution in [0.3, 0.4) is 0 Å². The van der Waals surface area contributed by atoms with E-state index in [0.29, 0.717) is 0 Å². The minimum absolute atomic E-state index is 1.08. The molecule has 0 aliphatic rings. The Morgan fingerprint density at radius 2 is 2.08 bits per heavy atom. The maximum atomic E-state index is 3.93. The highest BCUT2D eigenvalue weighted by Gasteiger charge is 1.76. The fraction of sp³-hybridized carbons (Fsp3) is 0.167. The fourth-order valence-corrected chi connectivity index (χ4v) is 1.00. The van der Waals surface area contributed by atoms with E-state index in [1.54, 1.807) is 0 Å². The first-order chi connectivity index (χ1) is 5.84. The Balaban J connectivity index is 3.03. The molecule has 0 atom stereocenters. The van der Waals surface area contributed by atoms with E-state index in [9.17, 15) is 0 Å². The lowest BCUT2D eigenvalue weighted by Crippen LogP contribution is -2.21. The molecular weight excluding hydrogens is 144 g/mol. The van der Waals surface area contributed by atoms with Gasteiger partial charge in [-0.3, -0.25) is 0 Å². The maximum absolute atomic E-state index is 3.93. The molecule has 0 saturated carbocycles. The SMILES string of the molecule is C=c1cccc/c1=C/C=C\CC. The van der Waals surface area contributed by atoms with Crippen LogP contribution < -0.4 is 10.4 Å². The van der Waals surface area contributed by atoms with Crippen LogP contribution in [0.5, 0.6) is 0 Å². The van der Waals surface area contributed by atoms with Gasteiger partial charge >= 0.3 is 0 Å². The summed E-state index contributed by atoms with van der Waals surface area (Å²) in [5.41, 5.74) is 0. The van der Waals surface area contributed by atoms with Crippen molar-refractivity contribution < 1.29 is 0 Å². The molecule has 1 rings (SSSR count). The molecule has 0 aromatic heterocycles. The number of benzene rings is 1. The molecule has 0 bridgehead atoms. The summed E-state index contributed by atoms with van der Waals surface area (Å²) in [4.78, 5) is 0. The van der Waals surface area contributed by atoms with Gasteiger partial charge in [-0.05, 0) is 16.9 Å². The van der Waals surface area contributed by atoms with Crippen LogP contribution in [0.2, 0.25) is 0 Å². The van der Waals surface area contributed by atoms with E-state index in [-0.39, 0.29) is 0 Å². The third kappa shape index (κ3) is 2.39. The van der Waals surface area contributed by atoms with Gasteiger partial charge in [-0.25, -0.2) is 0 Å². The van der Waals surface area contributed by atoms with Gasteiger partial charge in [-0.2, -0.15) is 0 Å². The van der Waals surface area contributed by atoms with Gasteiger partial charge < -0.3 is 0 Å². The number of allylic oxidation sites excluding steroid dienone is 2. The second-order valence-electron chi connectivity index (χ2n) is 2.70. The predicted molar refractivity (Wildman–Crippen MR) is 55.1 cm³/mol. The van der Waals surface area contributed by atoms with Crippen molar-refractivity contribution in [3.05, 3.63) is 46.9 Å². The van der Waals surface area contributed by atoms with Crippen LogP contribution in [0.4, 0.5) is 0 Å². The lowest BCUT2D eigenvalue weighted by molar-refractivity contribution is 1.23. The molecule has 0 heteroatoms. The maximum Gasteiger partial charge on any atom is -0.0190 e. The molecule has 0 aliphatic carbocycles. The van der Waals surface area contributed by atoms with E-state index in [1.165, 1.54) is 5.22 Å². The third-order valence-corrected chi connectivity index (χ3v) is 1.70. The molecule has 0 saturated heterocycles. The molecule has 1 aromatic carbocycles. The van der Waals surface area contributed by atoms with Crippen molar-refractivity contribution in [2.24, 2.45) is 0 Å². The highest BCUT2D eigenvalue weighted by atomic mass is 13.8. The van der Waals surface area contributed by atoms with Gasteiger partial charge in [0.05, 0.1) is 0 Å². The van der Waals surface area contributed by atoms with Crippen molar-refractivity contribution in [3.8, 4) is 0 Å². The average molecular weight is 158 g/mol. The van der Waals surface area contributed by atoms with Gasteiger partial charge in [-0.1, -0.05) is 56.0 Å². The number of hydrogen-bond acceptors (Lipinski definition) is 0. The highest BCUT2D eigenvalue weighted by molar-refractivity contribution is 5.37. The lowest BCUT2D eigenvalue weighted by Gasteiger charge is -1.84. The van der Waals surface area contributed by atoms with Crippen LogP contribution in [-0.2, 0) is 0 Å². The van der Waals surface area contributed by atoms with Crippen molar-refractivity contribution >= 4 is 12.7 Å². The molecule has 62 valence electrons. The molecule has 0 radical (unpaired) electrons. The zero-order chi connectivity index (χ0) is 8.81. The van der Waals surface area contributed by atoms with Gasteiger partial charge in [0.15, 0.2) is 0 Å². The molecule has 0 heterocycles. The fourth-order valence-electron chi connectivity index (χ4n) is 1.00. The van der Waals surface area contributed by atoms with Crippen LogP contribution in [0.1, 0.15) is 13.3 Å². The Labute approximate surface area is 73.6 Å². The van der Waals surface area contributed by atoms with Crippen molar-refractivity contribution in [1.82, 2.24) is 0 Å². The van der Waals surface area contributed by atoms with Crippen LogP contribution in [0.25, 0.3) is 12.7 Å². The van der Waals surface area contributed by atoms with Gasteiger partial charge in [0, 0.05) is 0 Å². The Morgan fingerprint density at radius 3 is 2.75 bits per heavy atom. The molecule has 0 aliphatic heterocycles. The molecule has 0 spiro atoms. The summed E-state index contributed by atoms with van der Waals surface area (Å²) in [5.74, 6) is 0. The predicted octanol–water partition coefficient (Wildman–Crippen LogP) is 1.84. The summed E-state index contributed by atoms with van der Waals surface area (Å²) in [5, 5.41) is 2.28. The van der Waals surface area contributed by atoms with Gasteiger partial charge in [0.25, 0.3) is 0 Å². The second-order valence-corrected chi connectivity index (χ2v) is 2.70. The van der Waals surface area contributed by atoms with Crippen molar-refractivity contribution in [2.45, 2.75) is 13.3 Å². The molecule has 0 nitrogen and oxygen atoms in total. The van der Waals surface area contributed by atoms with E-state index >= 15 is 0 Å². The smallest absolute Gasteiger partial charge is 0.0190 e. The van der Waals surface area contributed by atoms with Crippen LogP contribution in [0, 0.1) is 0 Å². The number of hydrogen-bond donors (Lipinski definition) is 0. The normalized spacial score (nSPS) is 12.6.